The zero-order chi connectivity index (χ0) is 14.2. The molecule has 0 fully saturated rings. The van der Waals surface area contributed by atoms with Crippen LogP contribution in [-0.4, -0.2) is 23.3 Å². The van der Waals surface area contributed by atoms with Crippen molar-refractivity contribution in [3.8, 4) is 17.0 Å². The average molecular weight is 282 g/mol. The van der Waals surface area contributed by atoms with E-state index in [-0.39, 0.29) is 5.76 Å². The Morgan fingerprint density at radius 1 is 1.42 bits per heavy atom. The summed E-state index contributed by atoms with van der Waals surface area (Å²) in [5, 5.41) is 13.2. The highest BCUT2D eigenvalue weighted by Crippen LogP contribution is 2.39. The molecule has 19 heavy (non-hydrogen) atoms. The molecule has 0 aliphatic carbocycles. The molecule has 0 spiro atoms. The third-order valence-corrected chi connectivity index (χ3v) is 3.24. The molecule has 1 heterocycles. The first-order valence-corrected chi connectivity index (χ1v) is 5.87. The monoisotopic (exact) mass is 281 g/mol. The van der Waals surface area contributed by atoms with Crippen molar-refractivity contribution < 1.29 is 19.2 Å². The summed E-state index contributed by atoms with van der Waals surface area (Å²) in [6.07, 6.45) is 0. The van der Waals surface area contributed by atoms with E-state index in [9.17, 15) is 4.79 Å². The van der Waals surface area contributed by atoms with E-state index in [0.29, 0.717) is 22.0 Å². The normalized spacial score (nSPS) is 10.5. The molecule has 0 radical (unpaired) electrons. The highest BCUT2D eigenvalue weighted by atomic mass is 35.5. The van der Waals surface area contributed by atoms with Crippen LogP contribution >= 0.6 is 11.6 Å². The number of nitrogens with zero attached hydrogens (tertiary/aromatic N) is 1. The van der Waals surface area contributed by atoms with Gasteiger partial charge in [0, 0.05) is 22.2 Å². The van der Waals surface area contributed by atoms with E-state index in [1.165, 1.54) is 13.2 Å². The lowest BCUT2D eigenvalue weighted by Crippen LogP contribution is -1.96. The topological polar surface area (TPSA) is 72.6 Å². The van der Waals surface area contributed by atoms with Crippen molar-refractivity contribution in [3.63, 3.8) is 0 Å². The van der Waals surface area contributed by atoms with Crippen molar-refractivity contribution in [1.29, 1.82) is 0 Å². The molecule has 0 amide bonds. The van der Waals surface area contributed by atoms with E-state index >= 15 is 0 Å². The fraction of sp³-hybridized carbons (Fsp3) is 0.231. The molecule has 0 unspecified atom stereocenters. The van der Waals surface area contributed by atoms with Gasteiger partial charge in [-0.05, 0) is 25.5 Å². The van der Waals surface area contributed by atoms with E-state index in [2.05, 4.69) is 5.16 Å². The van der Waals surface area contributed by atoms with Crippen LogP contribution < -0.4 is 4.74 Å². The van der Waals surface area contributed by atoms with Crippen LogP contribution in [0.5, 0.6) is 5.75 Å². The molecule has 0 atom stereocenters. The quantitative estimate of drug-likeness (QED) is 0.934. The second-order valence-corrected chi connectivity index (χ2v) is 4.50. The number of halogens is 1. The molecule has 1 aromatic carbocycles. The second kappa shape index (κ2) is 4.93. The van der Waals surface area contributed by atoms with Crippen molar-refractivity contribution in [2.45, 2.75) is 13.8 Å². The maximum absolute atomic E-state index is 10.8. The Morgan fingerprint density at radius 3 is 2.63 bits per heavy atom. The van der Waals surface area contributed by atoms with Crippen LogP contribution in [0, 0.1) is 13.8 Å². The van der Waals surface area contributed by atoms with Crippen LogP contribution in [0.2, 0.25) is 5.02 Å². The Bertz CT molecular complexity index is 648. The van der Waals surface area contributed by atoms with E-state index in [0.717, 1.165) is 11.1 Å². The first kappa shape index (κ1) is 13.4. The van der Waals surface area contributed by atoms with E-state index in [1.54, 1.807) is 6.07 Å². The van der Waals surface area contributed by atoms with Gasteiger partial charge in [-0.2, -0.15) is 0 Å². The lowest BCUT2D eigenvalue weighted by atomic mass is 10.0. The van der Waals surface area contributed by atoms with Gasteiger partial charge in [0.1, 0.15) is 11.4 Å². The number of hydrogen-bond acceptors (Lipinski definition) is 4. The van der Waals surface area contributed by atoms with Gasteiger partial charge in [0.2, 0.25) is 5.76 Å². The van der Waals surface area contributed by atoms with Gasteiger partial charge >= 0.3 is 5.97 Å². The molecule has 6 heteroatoms. The maximum atomic E-state index is 10.8. The van der Waals surface area contributed by atoms with Crippen molar-refractivity contribution >= 4 is 17.6 Å². The molecule has 1 aromatic heterocycles. The molecule has 2 aromatic rings. The fourth-order valence-corrected chi connectivity index (χ4v) is 2.16. The van der Waals surface area contributed by atoms with Crippen LogP contribution in [0.3, 0.4) is 0 Å². The van der Waals surface area contributed by atoms with E-state index in [4.69, 9.17) is 26.0 Å². The molecular weight excluding hydrogens is 270 g/mol. The molecule has 0 aliphatic heterocycles. The van der Waals surface area contributed by atoms with Crippen LogP contribution in [-0.2, 0) is 0 Å². The Labute approximate surface area is 114 Å². The molecular formula is C13H12ClNO4. The maximum Gasteiger partial charge on any atom is 0.374 e. The van der Waals surface area contributed by atoms with Crippen LogP contribution in [0.15, 0.2) is 16.7 Å². The molecule has 1 N–H and O–H groups in total. The fourth-order valence-electron chi connectivity index (χ4n) is 1.91. The number of carboxylic acid groups (broad SMARTS) is 1. The number of hydrogen-bond donors (Lipinski definition) is 1. The highest BCUT2D eigenvalue weighted by molar-refractivity contribution is 6.31. The first-order chi connectivity index (χ1) is 8.95. The SMILES string of the molecule is COc1c(C)c(Cl)cc(C)c1-c1cc(C(=O)O)on1. The van der Waals surface area contributed by atoms with Gasteiger partial charge in [-0.3, -0.25) is 0 Å². The summed E-state index contributed by atoms with van der Waals surface area (Å²) in [5.41, 5.74) is 2.69. The summed E-state index contributed by atoms with van der Waals surface area (Å²) >= 11 is 6.10. The Kier molecular flexibility index (Phi) is 3.48. The van der Waals surface area contributed by atoms with E-state index in [1.807, 2.05) is 13.8 Å². The van der Waals surface area contributed by atoms with Crippen molar-refractivity contribution in [2.75, 3.05) is 7.11 Å². The highest BCUT2D eigenvalue weighted by Gasteiger charge is 2.20. The van der Waals surface area contributed by atoms with Crippen molar-refractivity contribution in [1.82, 2.24) is 5.16 Å². The molecule has 0 bridgehead atoms. The summed E-state index contributed by atoms with van der Waals surface area (Å²) in [5.74, 6) is -0.819. The zero-order valence-corrected chi connectivity index (χ0v) is 11.4. The molecule has 100 valence electrons. The minimum Gasteiger partial charge on any atom is -0.496 e. The van der Waals surface area contributed by atoms with Gasteiger partial charge in [0.05, 0.1) is 7.11 Å². The first-order valence-electron chi connectivity index (χ1n) is 5.49. The van der Waals surface area contributed by atoms with Crippen molar-refractivity contribution in [2.24, 2.45) is 0 Å². The zero-order valence-electron chi connectivity index (χ0n) is 10.7. The third-order valence-electron chi connectivity index (χ3n) is 2.84. The van der Waals surface area contributed by atoms with Gasteiger partial charge in [0.15, 0.2) is 0 Å². The summed E-state index contributed by atoms with van der Waals surface area (Å²) in [6, 6.07) is 3.14. The predicted octanol–water partition coefficient (Wildman–Crippen LogP) is 3.32. The lowest BCUT2D eigenvalue weighted by Gasteiger charge is -2.13. The molecule has 0 saturated carbocycles. The Morgan fingerprint density at radius 2 is 2.11 bits per heavy atom. The minimum absolute atomic E-state index is 0.218. The largest absolute Gasteiger partial charge is 0.496 e. The number of aromatic carboxylic acids is 1. The van der Waals surface area contributed by atoms with Crippen LogP contribution in [0.4, 0.5) is 0 Å². The van der Waals surface area contributed by atoms with Crippen molar-refractivity contribution in [3.05, 3.63) is 34.0 Å². The number of methoxy groups -OCH3 is 1. The standard InChI is InChI=1S/C13H12ClNO4/c1-6-4-8(14)7(2)12(18-3)11(6)9-5-10(13(16)17)19-15-9/h4-5H,1-3H3,(H,16,17). The Balaban J connectivity index is 2.66. The van der Waals surface area contributed by atoms with Gasteiger partial charge < -0.3 is 14.4 Å². The van der Waals surface area contributed by atoms with Gasteiger partial charge in [-0.15, -0.1) is 0 Å². The van der Waals surface area contributed by atoms with Crippen LogP contribution in [0.1, 0.15) is 21.7 Å². The lowest BCUT2D eigenvalue weighted by molar-refractivity contribution is 0.0652. The number of ether oxygens (including phenoxy) is 1. The third kappa shape index (κ3) is 2.29. The van der Waals surface area contributed by atoms with E-state index < -0.39 is 5.97 Å². The minimum atomic E-state index is -1.17. The number of aryl methyl sites for hydroxylation is 1. The molecule has 2 rings (SSSR count). The predicted molar refractivity (Wildman–Crippen MR) is 69.9 cm³/mol. The second-order valence-electron chi connectivity index (χ2n) is 4.09. The summed E-state index contributed by atoms with van der Waals surface area (Å²) in [6.45, 7) is 3.67. The van der Waals surface area contributed by atoms with Gasteiger partial charge in [-0.25, -0.2) is 4.79 Å². The van der Waals surface area contributed by atoms with Gasteiger partial charge in [-0.1, -0.05) is 16.8 Å². The number of carbonyl (C=O) groups is 1. The number of rotatable bonds is 3. The number of benzene rings is 1. The number of aromatic nitrogens is 1. The Hall–Kier alpha value is -2.01. The summed E-state index contributed by atoms with van der Waals surface area (Å²) < 4.78 is 10.1. The smallest absolute Gasteiger partial charge is 0.374 e. The summed E-state index contributed by atoms with van der Waals surface area (Å²) in [4.78, 5) is 10.8. The van der Waals surface area contributed by atoms with Gasteiger partial charge in [0.25, 0.3) is 0 Å². The van der Waals surface area contributed by atoms with Crippen LogP contribution in [0.25, 0.3) is 11.3 Å². The summed E-state index contributed by atoms with van der Waals surface area (Å²) in [7, 11) is 1.53. The average Bonchev–Trinajstić information content (AvgIpc) is 2.82. The molecule has 0 saturated heterocycles. The molecule has 0 aliphatic rings. The molecule has 5 nitrogen and oxygen atoms in total. The number of carboxylic acids is 1.